The Morgan fingerprint density at radius 1 is 1.06 bits per heavy atom. The number of halogens is 3. The fraction of sp³-hybridized carbons (Fsp3) is 0.167. The first-order valence-corrected chi connectivity index (χ1v) is 6.12. The lowest BCUT2D eigenvalue weighted by Crippen LogP contribution is -2.12. The molecule has 0 bridgehead atoms. The van der Waals surface area contributed by atoms with Crippen molar-refractivity contribution in [2.24, 2.45) is 0 Å². The highest BCUT2D eigenvalue weighted by molar-refractivity contribution is 14.1. The first-order chi connectivity index (χ1) is 8.15. The molecular formula is C12H10F2INO. The van der Waals surface area contributed by atoms with Crippen LogP contribution in [0.3, 0.4) is 0 Å². The fourth-order valence-corrected chi connectivity index (χ4v) is 1.89. The van der Waals surface area contributed by atoms with E-state index < -0.39 is 11.6 Å². The van der Waals surface area contributed by atoms with Gasteiger partial charge in [-0.2, -0.15) is 0 Å². The molecule has 5 heteroatoms. The Bertz CT molecular complexity index is 513. The van der Waals surface area contributed by atoms with E-state index in [0.717, 1.165) is 15.6 Å². The van der Waals surface area contributed by atoms with Gasteiger partial charge in [0.25, 0.3) is 0 Å². The zero-order valence-corrected chi connectivity index (χ0v) is 11.0. The summed E-state index contributed by atoms with van der Waals surface area (Å²) in [6, 6.07) is 7.61. The second-order valence-electron chi connectivity index (χ2n) is 3.56. The van der Waals surface area contributed by atoms with Gasteiger partial charge in [-0.15, -0.1) is 0 Å². The van der Waals surface area contributed by atoms with E-state index in [4.69, 9.17) is 4.42 Å². The Morgan fingerprint density at radius 3 is 2.53 bits per heavy atom. The quantitative estimate of drug-likeness (QED) is 0.856. The molecule has 90 valence electrons. The molecule has 0 amide bonds. The van der Waals surface area contributed by atoms with Crippen LogP contribution >= 0.6 is 22.6 Å². The molecule has 1 aromatic heterocycles. The highest BCUT2D eigenvalue weighted by Gasteiger charge is 2.03. The summed E-state index contributed by atoms with van der Waals surface area (Å²) in [6.07, 6.45) is 0. The second kappa shape index (κ2) is 5.59. The van der Waals surface area contributed by atoms with Crippen LogP contribution in [-0.2, 0) is 13.1 Å². The Labute approximate surface area is 111 Å². The van der Waals surface area contributed by atoms with E-state index in [2.05, 4.69) is 27.9 Å². The van der Waals surface area contributed by atoms with Crippen LogP contribution < -0.4 is 5.32 Å². The zero-order chi connectivity index (χ0) is 12.3. The molecule has 0 aliphatic rings. The largest absolute Gasteiger partial charge is 0.454 e. The summed E-state index contributed by atoms with van der Waals surface area (Å²) in [5, 5.41) is 3.09. The fourth-order valence-electron chi connectivity index (χ4n) is 1.43. The monoisotopic (exact) mass is 349 g/mol. The van der Waals surface area contributed by atoms with Gasteiger partial charge in [0.15, 0.2) is 15.4 Å². The van der Waals surface area contributed by atoms with E-state index in [1.807, 2.05) is 12.1 Å². The summed E-state index contributed by atoms with van der Waals surface area (Å²) < 4.78 is 31.8. The van der Waals surface area contributed by atoms with Crippen molar-refractivity contribution in [3.63, 3.8) is 0 Å². The third kappa shape index (κ3) is 3.50. The van der Waals surface area contributed by atoms with Gasteiger partial charge in [0.2, 0.25) is 0 Å². The summed E-state index contributed by atoms with van der Waals surface area (Å²) in [5.74, 6) is -0.830. The first-order valence-electron chi connectivity index (χ1n) is 5.04. The average Bonchev–Trinajstić information content (AvgIpc) is 2.70. The highest BCUT2D eigenvalue weighted by Crippen LogP contribution is 2.11. The lowest BCUT2D eigenvalue weighted by molar-refractivity contribution is 0.462. The summed E-state index contributed by atoms with van der Waals surface area (Å²) in [5.41, 5.74) is 0.699. The van der Waals surface area contributed by atoms with Crippen molar-refractivity contribution in [1.82, 2.24) is 5.32 Å². The number of furan rings is 1. The van der Waals surface area contributed by atoms with Crippen molar-refractivity contribution in [1.29, 1.82) is 0 Å². The van der Waals surface area contributed by atoms with Crippen LogP contribution in [0.4, 0.5) is 8.78 Å². The summed E-state index contributed by atoms with van der Waals surface area (Å²) in [4.78, 5) is 0. The molecule has 0 unspecified atom stereocenters. The molecule has 0 saturated carbocycles. The minimum Gasteiger partial charge on any atom is -0.454 e. The molecule has 1 heterocycles. The number of hydrogen-bond acceptors (Lipinski definition) is 2. The Balaban J connectivity index is 1.87. The number of benzene rings is 1. The molecule has 0 aliphatic carbocycles. The minimum absolute atomic E-state index is 0.467. The van der Waals surface area contributed by atoms with Crippen LogP contribution in [0.1, 0.15) is 11.3 Å². The molecule has 0 atom stereocenters. The van der Waals surface area contributed by atoms with Crippen LogP contribution in [0.2, 0.25) is 0 Å². The van der Waals surface area contributed by atoms with Crippen molar-refractivity contribution in [3.8, 4) is 0 Å². The van der Waals surface area contributed by atoms with Crippen LogP contribution in [0.15, 0.2) is 34.7 Å². The maximum absolute atomic E-state index is 12.9. The van der Waals surface area contributed by atoms with Crippen molar-refractivity contribution in [3.05, 3.63) is 57.1 Å². The van der Waals surface area contributed by atoms with Crippen molar-refractivity contribution in [2.75, 3.05) is 0 Å². The van der Waals surface area contributed by atoms with E-state index in [0.29, 0.717) is 18.7 Å². The minimum atomic E-state index is -0.825. The van der Waals surface area contributed by atoms with Crippen LogP contribution in [0.25, 0.3) is 0 Å². The SMILES string of the molecule is Fc1ccc(CNCc2ccc(I)o2)cc1F. The molecule has 0 radical (unpaired) electrons. The Morgan fingerprint density at radius 2 is 1.88 bits per heavy atom. The predicted octanol–water partition coefficient (Wildman–Crippen LogP) is 3.45. The molecular weight excluding hydrogens is 339 g/mol. The predicted molar refractivity (Wildman–Crippen MR) is 68.3 cm³/mol. The molecule has 0 fully saturated rings. The molecule has 1 N–H and O–H groups in total. The molecule has 17 heavy (non-hydrogen) atoms. The van der Waals surface area contributed by atoms with Gasteiger partial charge in [-0.05, 0) is 52.4 Å². The second-order valence-corrected chi connectivity index (χ2v) is 4.62. The maximum Gasteiger partial charge on any atom is 0.164 e. The van der Waals surface area contributed by atoms with E-state index in [1.54, 1.807) is 6.07 Å². The van der Waals surface area contributed by atoms with Crippen molar-refractivity contribution < 1.29 is 13.2 Å². The maximum atomic E-state index is 12.9. The third-order valence-corrected chi connectivity index (χ3v) is 2.82. The lowest BCUT2D eigenvalue weighted by Gasteiger charge is -2.03. The van der Waals surface area contributed by atoms with E-state index in [1.165, 1.54) is 6.07 Å². The Hall–Kier alpha value is -0.950. The molecule has 0 aliphatic heterocycles. The van der Waals surface area contributed by atoms with Gasteiger partial charge < -0.3 is 9.73 Å². The van der Waals surface area contributed by atoms with Crippen LogP contribution in [0.5, 0.6) is 0 Å². The van der Waals surface area contributed by atoms with Gasteiger partial charge in [0.05, 0.1) is 6.54 Å². The average molecular weight is 349 g/mol. The van der Waals surface area contributed by atoms with Gasteiger partial charge in [-0.3, -0.25) is 0 Å². The first kappa shape index (κ1) is 12.5. The van der Waals surface area contributed by atoms with Gasteiger partial charge in [0, 0.05) is 6.54 Å². The summed E-state index contributed by atoms with van der Waals surface area (Å²) in [6.45, 7) is 1.02. The summed E-state index contributed by atoms with van der Waals surface area (Å²) >= 11 is 2.09. The molecule has 1 aromatic carbocycles. The molecule has 0 spiro atoms. The van der Waals surface area contributed by atoms with Gasteiger partial charge in [-0.25, -0.2) is 8.78 Å². The van der Waals surface area contributed by atoms with Crippen LogP contribution in [0, 0.1) is 15.4 Å². The molecule has 0 saturated heterocycles. The smallest absolute Gasteiger partial charge is 0.164 e. The third-order valence-electron chi connectivity index (χ3n) is 2.24. The van der Waals surface area contributed by atoms with Gasteiger partial charge in [0.1, 0.15) is 5.76 Å². The van der Waals surface area contributed by atoms with Crippen LogP contribution in [-0.4, -0.2) is 0 Å². The zero-order valence-electron chi connectivity index (χ0n) is 8.84. The topological polar surface area (TPSA) is 25.2 Å². The molecule has 2 aromatic rings. The van der Waals surface area contributed by atoms with Gasteiger partial charge in [-0.1, -0.05) is 6.07 Å². The number of rotatable bonds is 4. The van der Waals surface area contributed by atoms with E-state index >= 15 is 0 Å². The van der Waals surface area contributed by atoms with Gasteiger partial charge >= 0.3 is 0 Å². The lowest BCUT2D eigenvalue weighted by atomic mass is 10.2. The van der Waals surface area contributed by atoms with E-state index in [9.17, 15) is 8.78 Å². The number of hydrogen-bond donors (Lipinski definition) is 1. The van der Waals surface area contributed by atoms with Crippen molar-refractivity contribution in [2.45, 2.75) is 13.1 Å². The van der Waals surface area contributed by atoms with Crippen molar-refractivity contribution >= 4 is 22.6 Å². The van der Waals surface area contributed by atoms with E-state index in [-0.39, 0.29) is 0 Å². The standard InChI is InChI=1S/C12H10F2INO/c13-10-3-1-8(5-11(10)14)6-16-7-9-2-4-12(15)17-9/h1-5,16H,6-7H2. The Kier molecular flexibility index (Phi) is 4.11. The summed E-state index contributed by atoms with van der Waals surface area (Å²) in [7, 11) is 0. The number of nitrogens with one attached hydrogen (secondary N) is 1. The normalized spacial score (nSPS) is 10.8. The molecule has 2 nitrogen and oxygen atoms in total. The highest BCUT2D eigenvalue weighted by atomic mass is 127. The molecule has 2 rings (SSSR count).